The number of allylic oxidation sites excluding steroid dienone is 4. The summed E-state index contributed by atoms with van der Waals surface area (Å²) in [7, 11) is 0. The third-order valence-electron chi connectivity index (χ3n) is 8.00. The first-order valence-corrected chi connectivity index (χ1v) is 16.3. The molecule has 0 amide bonds. The van der Waals surface area contributed by atoms with Gasteiger partial charge < -0.3 is 0 Å². The van der Waals surface area contributed by atoms with Gasteiger partial charge in [-0.05, 0) is 0 Å². The van der Waals surface area contributed by atoms with Crippen LogP contribution in [-0.4, -0.2) is 3.81 Å². The Balaban J connectivity index is 1.87. The SMILES string of the molecule is [CH3][Ti]([CH3])([C]1=CC=CC1)(=[C]1CCCCC1)[CH]1c2ccccc2-c2ccccc21. The number of fused-ring (bicyclic) bond motifs is 3. The van der Waals surface area contributed by atoms with E-state index in [1.54, 1.807) is 15.0 Å². The minimum absolute atomic E-state index is 0.591. The predicted molar refractivity (Wildman–Crippen MR) is 115 cm³/mol. The van der Waals surface area contributed by atoms with Crippen molar-refractivity contribution in [2.45, 2.75) is 53.2 Å². The maximum atomic E-state index is 2.76. The van der Waals surface area contributed by atoms with Crippen molar-refractivity contribution < 1.29 is 14.8 Å². The van der Waals surface area contributed by atoms with Crippen LogP contribution in [0, 0.1) is 0 Å². The maximum absolute atomic E-state index is 3.18. The molecule has 138 valence electrons. The fourth-order valence-corrected chi connectivity index (χ4v) is 17.2. The molecule has 0 nitrogen and oxygen atoms in total. The molecule has 0 unspecified atom stereocenters. The Morgan fingerprint density at radius 2 is 1.37 bits per heavy atom. The van der Waals surface area contributed by atoms with Gasteiger partial charge in [0.2, 0.25) is 0 Å². The van der Waals surface area contributed by atoms with Gasteiger partial charge in [0, 0.05) is 0 Å². The summed E-state index contributed by atoms with van der Waals surface area (Å²) in [6.45, 7) is 0. The van der Waals surface area contributed by atoms with Crippen LogP contribution in [-0.2, 0) is 14.8 Å². The van der Waals surface area contributed by atoms with Crippen molar-refractivity contribution in [3.05, 3.63) is 81.8 Å². The summed E-state index contributed by atoms with van der Waals surface area (Å²) < 4.78 is 4.35. The number of hydrogen-bond acceptors (Lipinski definition) is 0. The van der Waals surface area contributed by atoms with Crippen LogP contribution in [0.25, 0.3) is 11.1 Å². The Morgan fingerprint density at radius 3 is 1.93 bits per heavy atom. The van der Waals surface area contributed by atoms with E-state index in [1.165, 1.54) is 49.7 Å². The van der Waals surface area contributed by atoms with Crippen LogP contribution in [0.15, 0.2) is 70.6 Å². The summed E-state index contributed by atoms with van der Waals surface area (Å²) in [5.74, 6) is 0. The van der Waals surface area contributed by atoms with Crippen molar-refractivity contribution in [3.63, 3.8) is 0 Å². The van der Waals surface area contributed by atoms with Gasteiger partial charge in [0.25, 0.3) is 0 Å². The molecule has 2 aromatic carbocycles. The molecule has 5 rings (SSSR count). The van der Waals surface area contributed by atoms with Gasteiger partial charge in [-0.25, -0.2) is 0 Å². The molecular weight excluding hydrogens is 360 g/mol. The van der Waals surface area contributed by atoms with Gasteiger partial charge in [0.15, 0.2) is 0 Å². The summed E-state index contributed by atoms with van der Waals surface area (Å²) in [6, 6.07) is 18.5. The zero-order valence-electron chi connectivity index (χ0n) is 16.7. The molecule has 0 atom stereocenters. The first-order valence-electron chi connectivity index (χ1n) is 10.7. The molecule has 0 radical (unpaired) electrons. The zero-order valence-corrected chi connectivity index (χ0v) is 18.2. The van der Waals surface area contributed by atoms with E-state index in [4.69, 9.17) is 0 Å². The average Bonchev–Trinajstić information content (AvgIpc) is 3.36. The fraction of sp³-hybridized carbons (Fsp3) is 0.346. The molecule has 0 spiro atoms. The van der Waals surface area contributed by atoms with E-state index in [-0.39, 0.29) is 0 Å². The van der Waals surface area contributed by atoms with E-state index in [0.29, 0.717) is 4.22 Å². The van der Waals surface area contributed by atoms with Crippen molar-refractivity contribution in [2.75, 3.05) is 0 Å². The Bertz CT molecular complexity index is 988. The second-order valence-corrected chi connectivity index (χ2v) is 20.4. The Hall–Kier alpha value is -1.50. The Labute approximate surface area is 164 Å². The molecule has 0 N–H and O–H groups in total. The van der Waals surface area contributed by atoms with Gasteiger partial charge in [-0.15, -0.1) is 0 Å². The van der Waals surface area contributed by atoms with E-state index in [1.807, 2.05) is 3.81 Å². The topological polar surface area (TPSA) is 0 Å². The molecule has 0 saturated heterocycles. The molecule has 0 bridgehead atoms. The van der Waals surface area contributed by atoms with Crippen LogP contribution < -0.4 is 0 Å². The molecule has 0 aromatic heterocycles. The van der Waals surface area contributed by atoms with Gasteiger partial charge in [-0.1, -0.05) is 0 Å². The van der Waals surface area contributed by atoms with Gasteiger partial charge in [-0.2, -0.15) is 0 Å². The van der Waals surface area contributed by atoms with E-state index in [2.05, 4.69) is 77.2 Å². The molecule has 2 aromatic rings. The molecule has 1 heteroatoms. The number of rotatable bonds is 2. The summed E-state index contributed by atoms with van der Waals surface area (Å²) >= 11 is -3.18. The first kappa shape index (κ1) is 17.6. The third-order valence-corrected chi connectivity index (χ3v) is 19.5. The quantitative estimate of drug-likeness (QED) is 0.465. The van der Waals surface area contributed by atoms with Crippen molar-refractivity contribution in [2.24, 2.45) is 0 Å². The van der Waals surface area contributed by atoms with Gasteiger partial charge in [-0.3, -0.25) is 0 Å². The van der Waals surface area contributed by atoms with E-state index < -0.39 is 14.8 Å². The minimum atomic E-state index is -3.18. The number of benzene rings is 2. The average molecular weight is 390 g/mol. The van der Waals surface area contributed by atoms with Gasteiger partial charge in [0.1, 0.15) is 0 Å². The van der Waals surface area contributed by atoms with E-state index >= 15 is 0 Å². The van der Waals surface area contributed by atoms with Crippen molar-refractivity contribution in [3.8, 4) is 11.1 Å². The fourth-order valence-electron chi connectivity index (χ4n) is 6.47. The molecule has 1 saturated carbocycles. The molecule has 0 aliphatic heterocycles. The number of hydrogen-bond donors (Lipinski definition) is 0. The Morgan fingerprint density at radius 1 is 0.778 bits per heavy atom. The monoisotopic (exact) mass is 390 g/mol. The summed E-state index contributed by atoms with van der Waals surface area (Å²) in [5.41, 5.74) is 6.18. The van der Waals surface area contributed by atoms with Crippen molar-refractivity contribution in [1.82, 2.24) is 0 Å². The molecule has 3 aliphatic rings. The third kappa shape index (κ3) is 2.43. The van der Waals surface area contributed by atoms with Gasteiger partial charge in [0.05, 0.1) is 0 Å². The van der Waals surface area contributed by atoms with Crippen LogP contribution in [0.5, 0.6) is 0 Å². The van der Waals surface area contributed by atoms with E-state index in [9.17, 15) is 0 Å². The van der Waals surface area contributed by atoms with Crippen LogP contribution >= 0.6 is 0 Å². The summed E-state index contributed by atoms with van der Waals surface area (Å²) in [5, 5.41) is 5.53. The van der Waals surface area contributed by atoms with Crippen molar-refractivity contribution >= 4 is 3.81 Å². The molecule has 3 aliphatic carbocycles. The zero-order chi connectivity index (χ0) is 18.5. The van der Waals surface area contributed by atoms with Crippen LogP contribution in [0.2, 0.25) is 10.5 Å². The second kappa shape index (κ2) is 6.26. The van der Waals surface area contributed by atoms with Crippen molar-refractivity contribution in [1.29, 1.82) is 0 Å². The normalized spacial score (nSPS) is 19.8. The van der Waals surface area contributed by atoms with Crippen LogP contribution in [0.4, 0.5) is 0 Å². The molecular formula is C26H30Ti. The first-order chi connectivity index (χ1) is 13.1. The summed E-state index contributed by atoms with van der Waals surface area (Å²) in [4.78, 5) is 0. The second-order valence-electron chi connectivity index (χ2n) is 9.59. The summed E-state index contributed by atoms with van der Waals surface area (Å²) in [6.07, 6.45) is 15.3. The van der Waals surface area contributed by atoms with E-state index in [0.717, 1.165) is 0 Å². The molecule has 27 heavy (non-hydrogen) atoms. The Kier molecular flexibility index (Phi) is 4.08. The predicted octanol–water partition coefficient (Wildman–Crippen LogP) is 7.52. The molecule has 0 heterocycles. The van der Waals surface area contributed by atoms with Crippen LogP contribution in [0.1, 0.15) is 53.9 Å². The van der Waals surface area contributed by atoms with Gasteiger partial charge >= 0.3 is 165 Å². The van der Waals surface area contributed by atoms with Crippen LogP contribution in [0.3, 0.4) is 0 Å². The molecule has 1 fully saturated rings. The standard InChI is InChI=1S/C13H9.C6H10.C5H5.2CH3.Ti/c1-3-7-12-10(5-1)9-11-6-2-4-8-13(11)12;1-2-4-6-5-3-1;1-2-4-5-3-1;;;/h1-9H;1-5H2;1-3H,4H2;2*1H3;.